The highest BCUT2D eigenvalue weighted by molar-refractivity contribution is 7.80. The van der Waals surface area contributed by atoms with Crippen LogP contribution in [0.5, 0.6) is 0 Å². The number of hydrogen-bond donors (Lipinski definition) is 4. The van der Waals surface area contributed by atoms with E-state index in [1.165, 1.54) is 19.3 Å². The van der Waals surface area contributed by atoms with Gasteiger partial charge in [-0.2, -0.15) is 12.6 Å². The van der Waals surface area contributed by atoms with Gasteiger partial charge in [0, 0.05) is 51.7 Å². The third-order valence-electron chi connectivity index (χ3n) is 3.50. The monoisotopic (exact) mass is 288 g/mol. The Morgan fingerprint density at radius 2 is 2.00 bits per heavy atom. The summed E-state index contributed by atoms with van der Waals surface area (Å²) in [6.45, 7) is 5.10. The average molecular weight is 288 g/mol. The van der Waals surface area contributed by atoms with Gasteiger partial charge in [-0.05, 0) is 18.6 Å². The second-order valence-electron chi connectivity index (χ2n) is 5.04. The quantitative estimate of drug-likeness (QED) is 0.398. The summed E-state index contributed by atoms with van der Waals surface area (Å²) in [5, 5.41) is 6.45. The van der Waals surface area contributed by atoms with Crippen molar-refractivity contribution < 1.29 is 4.79 Å². The number of nitrogens with zero attached hydrogens (tertiary/aromatic N) is 1. The second kappa shape index (κ2) is 10.5. The lowest BCUT2D eigenvalue weighted by atomic mass is 9.93. The smallest absolute Gasteiger partial charge is 0.220 e. The molecule has 1 rings (SSSR count). The Hall–Kier alpha value is -0.300. The molecule has 1 saturated carbocycles. The predicted molar refractivity (Wildman–Crippen MR) is 82.6 cm³/mol. The maximum atomic E-state index is 11.3. The van der Waals surface area contributed by atoms with Gasteiger partial charge in [-0.3, -0.25) is 9.69 Å². The molecular formula is C13H28N4OS. The molecule has 0 aromatic rings. The number of nitrogens with two attached hydrogens (primary N) is 1. The first-order valence-corrected chi connectivity index (χ1v) is 7.93. The molecule has 0 bridgehead atoms. The summed E-state index contributed by atoms with van der Waals surface area (Å²) in [5.74, 6) is 0.680. The molecule has 0 atom stereocenters. The molecule has 1 fully saturated rings. The fourth-order valence-corrected chi connectivity index (χ4v) is 2.30. The molecule has 6 heteroatoms. The van der Waals surface area contributed by atoms with Crippen molar-refractivity contribution in [3.8, 4) is 0 Å². The van der Waals surface area contributed by atoms with Crippen LogP contribution in [0.3, 0.4) is 0 Å². The average Bonchev–Trinajstić information content (AvgIpc) is 2.32. The van der Waals surface area contributed by atoms with Gasteiger partial charge in [-0.1, -0.05) is 6.42 Å². The van der Waals surface area contributed by atoms with Crippen LogP contribution in [0.15, 0.2) is 0 Å². The summed E-state index contributed by atoms with van der Waals surface area (Å²) in [6, 6.07) is 0.731. The van der Waals surface area contributed by atoms with E-state index in [0.717, 1.165) is 32.2 Å². The number of carbonyl (C=O) groups is 1. The largest absolute Gasteiger partial charge is 0.355 e. The van der Waals surface area contributed by atoms with E-state index in [0.29, 0.717) is 25.3 Å². The molecule has 0 heterocycles. The zero-order chi connectivity index (χ0) is 13.9. The first kappa shape index (κ1) is 16.8. The summed E-state index contributed by atoms with van der Waals surface area (Å²) in [6.07, 6.45) is 4.48. The lowest BCUT2D eigenvalue weighted by molar-refractivity contribution is -0.120. The molecule has 0 radical (unpaired) electrons. The summed E-state index contributed by atoms with van der Waals surface area (Å²) in [4.78, 5) is 13.6. The zero-order valence-electron chi connectivity index (χ0n) is 11.7. The molecule has 5 nitrogen and oxygen atoms in total. The summed E-state index contributed by atoms with van der Waals surface area (Å²) < 4.78 is 0. The highest BCUT2D eigenvalue weighted by Crippen LogP contribution is 2.17. The second-order valence-corrected chi connectivity index (χ2v) is 5.48. The van der Waals surface area contributed by atoms with E-state index in [4.69, 9.17) is 5.73 Å². The lowest BCUT2D eigenvalue weighted by Crippen LogP contribution is -2.43. The summed E-state index contributed by atoms with van der Waals surface area (Å²) >= 11 is 4.04. The Balaban J connectivity index is 2.06. The van der Waals surface area contributed by atoms with Gasteiger partial charge in [-0.25, -0.2) is 0 Å². The van der Waals surface area contributed by atoms with Gasteiger partial charge in [0.15, 0.2) is 0 Å². The number of thiol groups is 1. The van der Waals surface area contributed by atoms with E-state index in [1.54, 1.807) is 0 Å². The lowest BCUT2D eigenvalue weighted by Gasteiger charge is -2.28. The third-order valence-corrected chi connectivity index (χ3v) is 3.72. The fourth-order valence-electron chi connectivity index (χ4n) is 2.10. The topological polar surface area (TPSA) is 70.4 Å². The standard InChI is InChI=1S/C13H28N4OS/c14-5-8-17(9-6-15-12-2-1-3-12)10-7-16-13(18)4-11-19/h12,15,19H,1-11,14H2,(H,16,18). The van der Waals surface area contributed by atoms with E-state index in [-0.39, 0.29) is 5.91 Å². The summed E-state index contributed by atoms with van der Waals surface area (Å²) in [7, 11) is 0. The molecular weight excluding hydrogens is 260 g/mol. The maximum Gasteiger partial charge on any atom is 0.220 e. The van der Waals surface area contributed by atoms with E-state index in [1.807, 2.05) is 0 Å². The van der Waals surface area contributed by atoms with Gasteiger partial charge in [0.25, 0.3) is 0 Å². The van der Waals surface area contributed by atoms with E-state index >= 15 is 0 Å². The number of nitrogens with one attached hydrogen (secondary N) is 2. The first-order chi connectivity index (χ1) is 9.26. The third kappa shape index (κ3) is 7.77. The van der Waals surface area contributed by atoms with Crippen LogP contribution in [0.4, 0.5) is 0 Å². The van der Waals surface area contributed by atoms with Crippen molar-refractivity contribution in [3.05, 3.63) is 0 Å². The normalized spacial score (nSPS) is 15.5. The van der Waals surface area contributed by atoms with Crippen LogP contribution < -0.4 is 16.4 Å². The zero-order valence-corrected chi connectivity index (χ0v) is 12.6. The van der Waals surface area contributed by atoms with Crippen LogP contribution in [0.1, 0.15) is 25.7 Å². The van der Waals surface area contributed by atoms with Crippen molar-refractivity contribution in [1.29, 1.82) is 0 Å². The highest BCUT2D eigenvalue weighted by Gasteiger charge is 2.16. The van der Waals surface area contributed by atoms with Crippen LogP contribution in [0.2, 0.25) is 0 Å². The minimum Gasteiger partial charge on any atom is -0.355 e. The Kier molecular flexibility index (Phi) is 9.24. The molecule has 19 heavy (non-hydrogen) atoms. The van der Waals surface area contributed by atoms with Crippen LogP contribution >= 0.6 is 12.6 Å². The predicted octanol–water partition coefficient (Wildman–Crippen LogP) is -0.175. The number of rotatable bonds is 11. The Morgan fingerprint density at radius 3 is 2.58 bits per heavy atom. The Labute approximate surface area is 122 Å². The van der Waals surface area contributed by atoms with Crippen molar-refractivity contribution in [2.24, 2.45) is 5.73 Å². The molecule has 0 spiro atoms. The van der Waals surface area contributed by atoms with Crippen LogP contribution in [-0.4, -0.2) is 61.9 Å². The highest BCUT2D eigenvalue weighted by atomic mass is 32.1. The number of carbonyl (C=O) groups excluding carboxylic acids is 1. The van der Waals surface area contributed by atoms with Gasteiger partial charge in [0.2, 0.25) is 5.91 Å². The molecule has 0 aromatic heterocycles. The molecule has 4 N–H and O–H groups in total. The Morgan fingerprint density at radius 1 is 1.26 bits per heavy atom. The molecule has 1 aliphatic rings. The van der Waals surface area contributed by atoms with Crippen molar-refractivity contribution in [1.82, 2.24) is 15.5 Å². The molecule has 0 unspecified atom stereocenters. The van der Waals surface area contributed by atoms with Crippen molar-refractivity contribution in [2.45, 2.75) is 31.7 Å². The van der Waals surface area contributed by atoms with Crippen LogP contribution in [0, 0.1) is 0 Å². The minimum absolute atomic E-state index is 0.0790. The van der Waals surface area contributed by atoms with Gasteiger partial charge in [-0.15, -0.1) is 0 Å². The van der Waals surface area contributed by atoms with E-state index < -0.39 is 0 Å². The van der Waals surface area contributed by atoms with Crippen LogP contribution in [-0.2, 0) is 4.79 Å². The summed E-state index contributed by atoms with van der Waals surface area (Å²) in [5.41, 5.74) is 5.62. The molecule has 0 aromatic carbocycles. The van der Waals surface area contributed by atoms with Crippen molar-refractivity contribution in [3.63, 3.8) is 0 Å². The van der Waals surface area contributed by atoms with Gasteiger partial charge in [0.05, 0.1) is 0 Å². The maximum absolute atomic E-state index is 11.3. The fraction of sp³-hybridized carbons (Fsp3) is 0.923. The van der Waals surface area contributed by atoms with Gasteiger partial charge in [0.1, 0.15) is 0 Å². The molecule has 0 aliphatic heterocycles. The van der Waals surface area contributed by atoms with E-state index in [2.05, 4.69) is 28.2 Å². The first-order valence-electron chi connectivity index (χ1n) is 7.29. The number of hydrogen-bond acceptors (Lipinski definition) is 5. The molecule has 1 aliphatic carbocycles. The van der Waals surface area contributed by atoms with Crippen molar-refractivity contribution >= 4 is 18.5 Å². The van der Waals surface area contributed by atoms with E-state index in [9.17, 15) is 4.79 Å². The van der Waals surface area contributed by atoms with Crippen LogP contribution in [0.25, 0.3) is 0 Å². The van der Waals surface area contributed by atoms with Gasteiger partial charge >= 0.3 is 0 Å². The molecule has 112 valence electrons. The van der Waals surface area contributed by atoms with Gasteiger partial charge < -0.3 is 16.4 Å². The number of amides is 1. The Bertz CT molecular complexity index is 249. The minimum atomic E-state index is 0.0790. The van der Waals surface area contributed by atoms with Crippen molar-refractivity contribution in [2.75, 3.05) is 45.0 Å². The SMILES string of the molecule is NCCN(CCNC(=O)CCS)CCNC1CCC1. The molecule has 0 saturated heterocycles. The molecule has 1 amide bonds.